The van der Waals surface area contributed by atoms with E-state index in [2.05, 4.69) is 10.7 Å². The Bertz CT molecular complexity index is 1000. The van der Waals surface area contributed by atoms with Gasteiger partial charge < -0.3 is 10.1 Å². The fourth-order valence-electron chi connectivity index (χ4n) is 3.15. The molecule has 4 rings (SSSR count). The predicted octanol–water partition coefficient (Wildman–Crippen LogP) is 3.61. The highest BCUT2D eigenvalue weighted by Crippen LogP contribution is 2.32. The Labute approximate surface area is 162 Å². The zero-order chi connectivity index (χ0) is 19.5. The Balaban J connectivity index is 1.70. The molecule has 1 heterocycles. The second-order valence-corrected chi connectivity index (χ2v) is 6.35. The number of fused-ring (bicyclic) bond motifs is 1. The number of methoxy groups -OCH3 is 1. The second kappa shape index (κ2) is 7.44. The number of rotatable bonds is 4. The molecular weight excluding hydrogens is 354 g/mol. The van der Waals surface area contributed by atoms with Gasteiger partial charge in [-0.2, -0.15) is 0 Å². The van der Waals surface area contributed by atoms with E-state index in [1.165, 1.54) is 5.01 Å². The molecule has 0 radical (unpaired) electrons. The summed E-state index contributed by atoms with van der Waals surface area (Å²) in [4.78, 5) is 25.8. The first-order chi connectivity index (χ1) is 13.7. The SMILES string of the molecule is COc1ccc([C@H]2Nc3ccccc3C(=O)N2NC(=O)c2ccccc2)cc1. The standard InChI is InChI=1S/C22H19N3O3/c1-28-17-13-11-15(12-14-17)20-23-19-10-6-5-9-18(19)22(27)25(20)24-21(26)16-7-3-2-4-8-16/h2-14,20,23H,1H3,(H,24,26)/t20-/m0/s1. The van der Waals surface area contributed by atoms with E-state index in [1.54, 1.807) is 43.5 Å². The first kappa shape index (κ1) is 17.6. The lowest BCUT2D eigenvalue weighted by molar-refractivity contribution is 0.0491. The number of benzene rings is 3. The van der Waals surface area contributed by atoms with Crippen LogP contribution in [0.25, 0.3) is 0 Å². The summed E-state index contributed by atoms with van der Waals surface area (Å²) >= 11 is 0. The Hall–Kier alpha value is -3.80. The number of nitrogens with zero attached hydrogens (tertiary/aromatic N) is 1. The molecule has 3 aromatic carbocycles. The summed E-state index contributed by atoms with van der Waals surface area (Å²) in [6.07, 6.45) is -0.555. The third-order valence-electron chi connectivity index (χ3n) is 4.62. The summed E-state index contributed by atoms with van der Waals surface area (Å²) in [7, 11) is 1.60. The highest BCUT2D eigenvalue weighted by atomic mass is 16.5. The molecule has 140 valence electrons. The van der Waals surface area contributed by atoms with Crippen molar-refractivity contribution in [1.82, 2.24) is 10.4 Å². The van der Waals surface area contributed by atoms with Crippen LogP contribution in [0.15, 0.2) is 78.9 Å². The van der Waals surface area contributed by atoms with Crippen molar-refractivity contribution in [3.63, 3.8) is 0 Å². The van der Waals surface area contributed by atoms with Gasteiger partial charge in [-0.25, -0.2) is 5.01 Å². The number of carbonyl (C=O) groups is 2. The Kier molecular flexibility index (Phi) is 4.68. The second-order valence-electron chi connectivity index (χ2n) is 6.35. The van der Waals surface area contributed by atoms with Crippen molar-refractivity contribution >= 4 is 17.5 Å². The molecule has 28 heavy (non-hydrogen) atoms. The maximum atomic E-state index is 13.1. The van der Waals surface area contributed by atoms with Gasteiger partial charge >= 0.3 is 0 Å². The number of nitrogens with one attached hydrogen (secondary N) is 2. The minimum absolute atomic E-state index is 0.278. The van der Waals surface area contributed by atoms with Gasteiger partial charge in [-0.05, 0) is 42.0 Å². The summed E-state index contributed by atoms with van der Waals surface area (Å²) in [6.45, 7) is 0. The van der Waals surface area contributed by atoms with E-state index in [-0.39, 0.29) is 11.8 Å². The predicted molar refractivity (Wildman–Crippen MR) is 106 cm³/mol. The average molecular weight is 373 g/mol. The molecule has 6 heteroatoms. The molecule has 2 N–H and O–H groups in total. The van der Waals surface area contributed by atoms with E-state index >= 15 is 0 Å². The molecule has 1 aliphatic rings. The maximum Gasteiger partial charge on any atom is 0.276 e. The van der Waals surface area contributed by atoms with Crippen LogP contribution >= 0.6 is 0 Å². The number of amides is 2. The zero-order valence-corrected chi connectivity index (χ0v) is 15.3. The monoisotopic (exact) mass is 373 g/mol. The summed E-state index contributed by atoms with van der Waals surface area (Å²) in [5.41, 5.74) is 5.27. The fourth-order valence-corrected chi connectivity index (χ4v) is 3.15. The minimum atomic E-state index is -0.555. The van der Waals surface area contributed by atoms with Crippen molar-refractivity contribution in [3.8, 4) is 5.75 Å². The van der Waals surface area contributed by atoms with Crippen molar-refractivity contribution in [2.45, 2.75) is 6.17 Å². The van der Waals surface area contributed by atoms with Crippen LogP contribution < -0.4 is 15.5 Å². The van der Waals surface area contributed by atoms with Crippen LogP contribution in [0.5, 0.6) is 5.75 Å². The maximum absolute atomic E-state index is 13.1. The highest BCUT2D eigenvalue weighted by Gasteiger charge is 2.34. The Morgan fingerprint density at radius 3 is 2.36 bits per heavy atom. The average Bonchev–Trinajstić information content (AvgIpc) is 2.76. The van der Waals surface area contributed by atoms with Gasteiger partial charge in [0.2, 0.25) is 0 Å². The molecule has 6 nitrogen and oxygen atoms in total. The van der Waals surface area contributed by atoms with Gasteiger partial charge in [0.15, 0.2) is 0 Å². The molecule has 0 saturated carbocycles. The van der Waals surface area contributed by atoms with Crippen LogP contribution in [0.2, 0.25) is 0 Å². The number of para-hydroxylation sites is 1. The van der Waals surface area contributed by atoms with E-state index < -0.39 is 6.17 Å². The molecule has 0 aliphatic carbocycles. The van der Waals surface area contributed by atoms with Crippen LogP contribution in [0.4, 0.5) is 5.69 Å². The Morgan fingerprint density at radius 2 is 1.64 bits per heavy atom. The van der Waals surface area contributed by atoms with Gasteiger partial charge in [-0.15, -0.1) is 0 Å². The molecule has 1 aliphatic heterocycles. The summed E-state index contributed by atoms with van der Waals surface area (Å²) < 4.78 is 5.21. The number of ether oxygens (including phenoxy) is 1. The molecule has 0 saturated heterocycles. The van der Waals surface area contributed by atoms with E-state index in [1.807, 2.05) is 42.5 Å². The molecule has 1 atom stereocenters. The molecule has 0 fully saturated rings. The zero-order valence-electron chi connectivity index (χ0n) is 15.3. The van der Waals surface area contributed by atoms with E-state index in [4.69, 9.17) is 4.74 Å². The largest absolute Gasteiger partial charge is 0.497 e. The van der Waals surface area contributed by atoms with Crippen molar-refractivity contribution < 1.29 is 14.3 Å². The van der Waals surface area contributed by atoms with Crippen LogP contribution in [0, 0.1) is 0 Å². The summed E-state index contributed by atoms with van der Waals surface area (Å²) in [5.74, 6) is 0.0826. The van der Waals surface area contributed by atoms with Gasteiger partial charge in [-0.3, -0.25) is 15.0 Å². The molecule has 0 aromatic heterocycles. The first-order valence-electron chi connectivity index (χ1n) is 8.86. The lowest BCUT2D eigenvalue weighted by Gasteiger charge is -2.37. The third-order valence-corrected chi connectivity index (χ3v) is 4.62. The molecule has 0 spiro atoms. The van der Waals surface area contributed by atoms with Crippen LogP contribution in [0.1, 0.15) is 32.4 Å². The van der Waals surface area contributed by atoms with Crippen molar-refractivity contribution in [2.75, 3.05) is 12.4 Å². The van der Waals surface area contributed by atoms with Gasteiger partial charge in [0.1, 0.15) is 11.9 Å². The highest BCUT2D eigenvalue weighted by molar-refractivity contribution is 6.03. The van der Waals surface area contributed by atoms with Gasteiger partial charge in [0.05, 0.1) is 12.7 Å². The topological polar surface area (TPSA) is 70.7 Å². The number of hydrogen-bond donors (Lipinski definition) is 2. The fraction of sp³-hybridized carbons (Fsp3) is 0.0909. The normalized spacial score (nSPS) is 15.4. The molecule has 2 amide bonds. The van der Waals surface area contributed by atoms with Crippen molar-refractivity contribution in [3.05, 3.63) is 95.6 Å². The Morgan fingerprint density at radius 1 is 0.964 bits per heavy atom. The molecule has 3 aromatic rings. The van der Waals surface area contributed by atoms with Gasteiger partial charge in [0, 0.05) is 11.3 Å². The number of hydrogen-bond acceptors (Lipinski definition) is 4. The smallest absolute Gasteiger partial charge is 0.276 e. The lowest BCUT2D eigenvalue weighted by atomic mass is 10.0. The van der Waals surface area contributed by atoms with Crippen molar-refractivity contribution in [1.29, 1.82) is 0 Å². The van der Waals surface area contributed by atoms with E-state index in [9.17, 15) is 9.59 Å². The van der Waals surface area contributed by atoms with Crippen LogP contribution in [0.3, 0.4) is 0 Å². The number of anilines is 1. The minimum Gasteiger partial charge on any atom is -0.497 e. The molecule has 0 unspecified atom stereocenters. The van der Waals surface area contributed by atoms with Crippen LogP contribution in [-0.4, -0.2) is 23.9 Å². The van der Waals surface area contributed by atoms with Crippen LogP contribution in [-0.2, 0) is 0 Å². The van der Waals surface area contributed by atoms with E-state index in [0.29, 0.717) is 16.9 Å². The molecular formula is C22H19N3O3. The van der Waals surface area contributed by atoms with Gasteiger partial charge in [0.25, 0.3) is 11.8 Å². The summed E-state index contributed by atoms with van der Waals surface area (Å²) in [6, 6.07) is 23.4. The van der Waals surface area contributed by atoms with Crippen molar-refractivity contribution in [2.24, 2.45) is 0 Å². The van der Waals surface area contributed by atoms with E-state index in [0.717, 1.165) is 11.3 Å². The van der Waals surface area contributed by atoms with Gasteiger partial charge in [-0.1, -0.05) is 42.5 Å². The number of carbonyl (C=O) groups excluding carboxylic acids is 2. The summed E-state index contributed by atoms with van der Waals surface area (Å²) in [5, 5.41) is 4.67. The third kappa shape index (κ3) is 3.27. The quantitative estimate of drug-likeness (QED) is 0.733. The number of hydrazine groups is 1. The lowest BCUT2D eigenvalue weighted by Crippen LogP contribution is -2.52. The first-order valence-corrected chi connectivity index (χ1v) is 8.86. The molecule has 0 bridgehead atoms.